The summed E-state index contributed by atoms with van der Waals surface area (Å²) in [6.45, 7) is 2.15. The Kier molecular flexibility index (Phi) is 4.65. The normalized spacial score (nSPS) is 11.1. The maximum atomic E-state index is 13.9. The predicted octanol–water partition coefficient (Wildman–Crippen LogP) is 3.87. The molecule has 142 valence electrons. The average molecular weight is 378 g/mol. The predicted molar refractivity (Wildman–Crippen MR) is 103 cm³/mol. The third-order valence-electron chi connectivity index (χ3n) is 4.66. The number of likely N-dealkylation sites (N-methyl/N-ethyl adjacent to an activating group) is 1. The summed E-state index contributed by atoms with van der Waals surface area (Å²) in [4.78, 5) is 21.8. The Morgan fingerprint density at radius 3 is 2.71 bits per heavy atom. The van der Waals surface area contributed by atoms with Gasteiger partial charge in [0.15, 0.2) is 5.76 Å². The monoisotopic (exact) mass is 378 g/mol. The number of benzene rings is 1. The van der Waals surface area contributed by atoms with Crippen LogP contribution in [-0.4, -0.2) is 33.0 Å². The molecule has 3 aromatic heterocycles. The number of rotatable bonds is 5. The Balaban J connectivity index is 1.68. The van der Waals surface area contributed by atoms with E-state index in [2.05, 4.69) is 15.1 Å². The van der Waals surface area contributed by atoms with E-state index in [0.717, 1.165) is 28.0 Å². The Hall–Kier alpha value is -3.48. The van der Waals surface area contributed by atoms with Crippen molar-refractivity contribution < 1.29 is 13.7 Å². The SMILES string of the molecule is Cc1cc(CN(C)C(=O)Cc2c(-c3ccncc3)[nH]c3ccc(F)cc23)on1. The zero-order valence-corrected chi connectivity index (χ0v) is 15.6. The summed E-state index contributed by atoms with van der Waals surface area (Å²) >= 11 is 0. The molecule has 0 saturated heterocycles. The van der Waals surface area contributed by atoms with Crippen molar-refractivity contribution in [3.05, 3.63) is 71.6 Å². The van der Waals surface area contributed by atoms with Crippen LogP contribution in [0.4, 0.5) is 4.39 Å². The highest BCUT2D eigenvalue weighted by atomic mass is 19.1. The summed E-state index contributed by atoms with van der Waals surface area (Å²) in [5.41, 5.74) is 3.99. The number of nitrogens with zero attached hydrogens (tertiary/aromatic N) is 3. The van der Waals surface area contributed by atoms with Crippen molar-refractivity contribution in [1.82, 2.24) is 20.0 Å². The van der Waals surface area contributed by atoms with Gasteiger partial charge < -0.3 is 14.4 Å². The van der Waals surface area contributed by atoms with Gasteiger partial charge in [-0.2, -0.15) is 0 Å². The molecule has 1 amide bonds. The van der Waals surface area contributed by atoms with E-state index in [1.165, 1.54) is 12.1 Å². The minimum Gasteiger partial charge on any atom is -0.359 e. The second-order valence-corrected chi connectivity index (χ2v) is 6.77. The van der Waals surface area contributed by atoms with Crippen LogP contribution in [0.1, 0.15) is 17.0 Å². The standard InChI is InChI=1S/C21H19FN4O2/c1-13-9-16(28-25-13)12-26(2)20(27)11-18-17-10-15(22)3-4-19(17)24-21(18)14-5-7-23-8-6-14/h3-10,24H,11-12H2,1-2H3. The number of H-pyrrole nitrogens is 1. The number of carbonyl (C=O) groups excluding carboxylic acids is 1. The fourth-order valence-corrected chi connectivity index (χ4v) is 3.27. The molecule has 0 saturated carbocycles. The first kappa shape index (κ1) is 17.9. The lowest BCUT2D eigenvalue weighted by Crippen LogP contribution is -2.27. The van der Waals surface area contributed by atoms with Crippen molar-refractivity contribution in [3.8, 4) is 11.3 Å². The summed E-state index contributed by atoms with van der Waals surface area (Å²) < 4.78 is 19.1. The van der Waals surface area contributed by atoms with Gasteiger partial charge >= 0.3 is 0 Å². The molecule has 0 aliphatic carbocycles. The van der Waals surface area contributed by atoms with Crippen LogP contribution in [0, 0.1) is 12.7 Å². The number of aromatic nitrogens is 3. The van der Waals surface area contributed by atoms with Crippen molar-refractivity contribution in [2.24, 2.45) is 0 Å². The first-order chi connectivity index (χ1) is 13.5. The molecule has 0 aliphatic heterocycles. The van der Waals surface area contributed by atoms with Crippen molar-refractivity contribution in [3.63, 3.8) is 0 Å². The van der Waals surface area contributed by atoms with Crippen LogP contribution >= 0.6 is 0 Å². The molecule has 28 heavy (non-hydrogen) atoms. The summed E-state index contributed by atoms with van der Waals surface area (Å²) in [5.74, 6) is 0.175. The number of aryl methyl sites for hydroxylation is 1. The van der Waals surface area contributed by atoms with Crippen LogP contribution in [0.2, 0.25) is 0 Å². The maximum Gasteiger partial charge on any atom is 0.227 e. The lowest BCUT2D eigenvalue weighted by molar-refractivity contribution is -0.129. The molecule has 6 nitrogen and oxygen atoms in total. The molecule has 4 rings (SSSR count). The lowest BCUT2D eigenvalue weighted by Gasteiger charge is -2.16. The highest BCUT2D eigenvalue weighted by Crippen LogP contribution is 2.31. The number of hydrogen-bond donors (Lipinski definition) is 1. The molecule has 0 fully saturated rings. The molecule has 0 atom stereocenters. The number of hydrogen-bond acceptors (Lipinski definition) is 4. The third kappa shape index (κ3) is 3.51. The molecule has 1 N–H and O–H groups in total. The summed E-state index contributed by atoms with van der Waals surface area (Å²) in [7, 11) is 1.71. The smallest absolute Gasteiger partial charge is 0.227 e. The average Bonchev–Trinajstić information content (AvgIpc) is 3.26. The quantitative estimate of drug-likeness (QED) is 0.572. The number of fused-ring (bicyclic) bond motifs is 1. The van der Waals surface area contributed by atoms with Crippen LogP contribution in [0.25, 0.3) is 22.2 Å². The fourth-order valence-electron chi connectivity index (χ4n) is 3.27. The van der Waals surface area contributed by atoms with Crippen LogP contribution in [-0.2, 0) is 17.8 Å². The molecule has 0 radical (unpaired) electrons. The highest BCUT2D eigenvalue weighted by molar-refractivity contribution is 5.95. The summed E-state index contributed by atoms with van der Waals surface area (Å²) in [6.07, 6.45) is 3.50. The number of pyridine rings is 1. The van der Waals surface area contributed by atoms with Gasteiger partial charge in [-0.3, -0.25) is 9.78 Å². The second-order valence-electron chi connectivity index (χ2n) is 6.77. The largest absolute Gasteiger partial charge is 0.359 e. The van der Waals surface area contributed by atoms with Crippen molar-refractivity contribution >= 4 is 16.8 Å². The molecule has 0 unspecified atom stereocenters. The minimum atomic E-state index is -0.341. The van der Waals surface area contributed by atoms with Gasteiger partial charge in [0.1, 0.15) is 5.82 Å². The van der Waals surface area contributed by atoms with Crippen LogP contribution in [0.5, 0.6) is 0 Å². The molecule has 0 aliphatic rings. The van der Waals surface area contributed by atoms with Gasteiger partial charge in [-0.1, -0.05) is 5.16 Å². The molecule has 3 heterocycles. The number of aromatic amines is 1. The molecule has 0 spiro atoms. The van der Waals surface area contributed by atoms with Gasteiger partial charge in [0, 0.05) is 42.0 Å². The third-order valence-corrected chi connectivity index (χ3v) is 4.66. The van der Waals surface area contributed by atoms with E-state index in [1.54, 1.807) is 36.5 Å². The lowest BCUT2D eigenvalue weighted by atomic mass is 10.0. The zero-order chi connectivity index (χ0) is 19.7. The van der Waals surface area contributed by atoms with E-state index in [1.807, 2.05) is 19.1 Å². The summed E-state index contributed by atoms with van der Waals surface area (Å²) in [6, 6.07) is 10.1. The topological polar surface area (TPSA) is 75.0 Å². The first-order valence-electron chi connectivity index (χ1n) is 8.88. The van der Waals surface area contributed by atoms with Crippen LogP contribution in [0.3, 0.4) is 0 Å². The van der Waals surface area contributed by atoms with Crippen LogP contribution in [0.15, 0.2) is 53.3 Å². The van der Waals surface area contributed by atoms with Crippen molar-refractivity contribution in [2.45, 2.75) is 19.9 Å². The molecular formula is C21H19FN4O2. The van der Waals surface area contributed by atoms with Crippen molar-refractivity contribution in [2.75, 3.05) is 7.05 Å². The fraction of sp³-hybridized carbons (Fsp3) is 0.190. The molecular weight excluding hydrogens is 359 g/mol. The van der Waals surface area contributed by atoms with E-state index >= 15 is 0 Å². The molecule has 1 aromatic carbocycles. The van der Waals surface area contributed by atoms with E-state index < -0.39 is 0 Å². The molecule has 7 heteroatoms. The van der Waals surface area contributed by atoms with E-state index in [4.69, 9.17) is 4.52 Å². The second kappa shape index (κ2) is 7.26. The highest BCUT2D eigenvalue weighted by Gasteiger charge is 2.20. The first-order valence-corrected chi connectivity index (χ1v) is 8.88. The van der Waals surface area contributed by atoms with Gasteiger partial charge in [-0.15, -0.1) is 0 Å². The van der Waals surface area contributed by atoms with E-state index in [9.17, 15) is 9.18 Å². The minimum absolute atomic E-state index is 0.102. The number of halogens is 1. The number of amides is 1. The summed E-state index contributed by atoms with van der Waals surface area (Å²) in [5, 5.41) is 4.54. The van der Waals surface area contributed by atoms with Gasteiger partial charge in [0.05, 0.1) is 24.4 Å². The Labute approximate surface area is 161 Å². The Morgan fingerprint density at radius 1 is 1.21 bits per heavy atom. The molecule has 0 bridgehead atoms. The van der Waals surface area contributed by atoms with Gasteiger partial charge in [0.25, 0.3) is 0 Å². The van der Waals surface area contributed by atoms with Gasteiger partial charge in [-0.05, 0) is 42.8 Å². The van der Waals surface area contributed by atoms with Crippen LogP contribution < -0.4 is 0 Å². The zero-order valence-electron chi connectivity index (χ0n) is 15.6. The maximum absolute atomic E-state index is 13.9. The molecule has 4 aromatic rings. The van der Waals surface area contributed by atoms with Gasteiger partial charge in [-0.25, -0.2) is 4.39 Å². The number of nitrogens with one attached hydrogen (secondary N) is 1. The van der Waals surface area contributed by atoms with Gasteiger partial charge in [0.2, 0.25) is 5.91 Å². The van der Waals surface area contributed by atoms with E-state index in [0.29, 0.717) is 17.7 Å². The Morgan fingerprint density at radius 2 is 2.00 bits per heavy atom. The van der Waals surface area contributed by atoms with Crippen molar-refractivity contribution in [1.29, 1.82) is 0 Å². The number of carbonyl (C=O) groups is 1. The Bertz CT molecular complexity index is 1130. The van der Waals surface area contributed by atoms with E-state index in [-0.39, 0.29) is 18.1 Å².